The highest BCUT2D eigenvalue weighted by Crippen LogP contribution is 2.44. The van der Waals surface area contributed by atoms with E-state index >= 15 is 0 Å². The lowest BCUT2D eigenvalue weighted by molar-refractivity contribution is -0.149. The second-order valence-electron chi connectivity index (χ2n) is 7.57. The maximum absolute atomic E-state index is 13.2. The Bertz CT molecular complexity index is 975. The van der Waals surface area contributed by atoms with Gasteiger partial charge in [-0.3, -0.25) is 14.9 Å². The van der Waals surface area contributed by atoms with E-state index in [1.54, 1.807) is 57.2 Å². The molecule has 1 aliphatic rings. The Morgan fingerprint density at radius 3 is 1.91 bits per heavy atom. The number of halogens is 1. The van der Waals surface area contributed by atoms with E-state index in [-0.39, 0.29) is 19.8 Å². The Morgan fingerprint density at radius 1 is 0.788 bits per heavy atom. The predicted octanol–water partition coefficient (Wildman–Crippen LogP) is 4.06. The van der Waals surface area contributed by atoms with Crippen molar-refractivity contribution in [1.29, 1.82) is 0 Å². The number of benzene rings is 2. The van der Waals surface area contributed by atoms with Crippen LogP contribution in [0.1, 0.15) is 54.2 Å². The maximum atomic E-state index is 13.2. The molecule has 2 aromatic rings. The van der Waals surface area contributed by atoms with Gasteiger partial charge in [0, 0.05) is 17.0 Å². The zero-order valence-electron chi connectivity index (χ0n) is 18.9. The van der Waals surface area contributed by atoms with Gasteiger partial charge in [0.15, 0.2) is 0 Å². The summed E-state index contributed by atoms with van der Waals surface area (Å²) in [5.74, 6) is -2.58. The van der Waals surface area contributed by atoms with Gasteiger partial charge in [-0.15, -0.1) is 0 Å². The predicted molar refractivity (Wildman–Crippen MR) is 123 cm³/mol. The Morgan fingerprint density at radius 2 is 1.33 bits per heavy atom. The average molecular weight is 474 g/mol. The minimum atomic E-state index is -0.784. The van der Waals surface area contributed by atoms with E-state index in [1.165, 1.54) is 0 Å². The van der Waals surface area contributed by atoms with E-state index in [9.17, 15) is 14.4 Å². The molecule has 0 saturated carbocycles. The van der Waals surface area contributed by atoms with E-state index < -0.39 is 41.8 Å². The van der Waals surface area contributed by atoms with Crippen molar-refractivity contribution in [2.45, 2.75) is 38.8 Å². The van der Waals surface area contributed by atoms with Gasteiger partial charge in [0.05, 0.1) is 31.3 Å². The number of hydrogen-bond acceptors (Lipinski definition) is 7. The Labute approximate surface area is 198 Å². The second-order valence-corrected chi connectivity index (χ2v) is 8.01. The van der Waals surface area contributed by atoms with E-state index in [4.69, 9.17) is 25.8 Å². The zero-order chi connectivity index (χ0) is 24.0. The van der Waals surface area contributed by atoms with Gasteiger partial charge >= 0.3 is 17.9 Å². The molecule has 0 spiro atoms. The van der Waals surface area contributed by atoms with Crippen LogP contribution in [-0.2, 0) is 23.8 Å². The van der Waals surface area contributed by atoms with Crippen molar-refractivity contribution in [3.8, 4) is 0 Å². The topological polar surface area (TPSA) is 90.9 Å². The van der Waals surface area contributed by atoms with E-state index in [2.05, 4.69) is 5.32 Å². The van der Waals surface area contributed by atoms with Crippen LogP contribution in [0.25, 0.3) is 0 Å². The van der Waals surface area contributed by atoms with Crippen molar-refractivity contribution >= 4 is 29.5 Å². The first-order valence-electron chi connectivity index (χ1n) is 11.0. The molecule has 0 amide bonds. The molecule has 0 radical (unpaired) electrons. The summed E-state index contributed by atoms with van der Waals surface area (Å²) in [7, 11) is 0. The molecular weight excluding hydrogens is 446 g/mol. The smallest absolute Gasteiger partial charge is 0.338 e. The van der Waals surface area contributed by atoms with Crippen molar-refractivity contribution in [1.82, 2.24) is 5.32 Å². The third-order valence-corrected chi connectivity index (χ3v) is 5.85. The standard InChI is InChI=1S/C25H28ClNO6/c1-4-31-23(28)17-9-7-15(8-10-17)19-20(24(29)32-5-2)21(16-11-13-18(26)14-12-16)27-22(19)25(30)33-6-3/h7-14,19-22,27H,4-6H2,1-3H3/t19-,20-,21-,22+/m0/s1. The normalized spacial score (nSPS) is 21.9. The van der Waals surface area contributed by atoms with Gasteiger partial charge in [0.1, 0.15) is 6.04 Å². The van der Waals surface area contributed by atoms with Gasteiger partial charge in [-0.05, 0) is 56.2 Å². The van der Waals surface area contributed by atoms with Gasteiger partial charge in [0.25, 0.3) is 0 Å². The lowest BCUT2D eigenvalue weighted by Gasteiger charge is -2.24. The SMILES string of the molecule is CCOC(=O)c1ccc([C@H]2[C@H](C(=O)OCC)[C@H](c3ccc(Cl)cc3)N[C@H]2C(=O)OCC)cc1. The summed E-state index contributed by atoms with van der Waals surface area (Å²) in [6.45, 7) is 5.90. The molecule has 1 saturated heterocycles. The molecule has 0 aromatic heterocycles. The molecule has 3 rings (SSSR count). The number of esters is 3. The van der Waals surface area contributed by atoms with Crippen LogP contribution in [0.5, 0.6) is 0 Å². The Hall–Kier alpha value is -2.90. The minimum Gasteiger partial charge on any atom is -0.466 e. The van der Waals surface area contributed by atoms with Crippen LogP contribution in [0.4, 0.5) is 0 Å². The zero-order valence-corrected chi connectivity index (χ0v) is 19.6. The van der Waals surface area contributed by atoms with Crippen LogP contribution in [0.2, 0.25) is 5.02 Å². The van der Waals surface area contributed by atoms with Crippen LogP contribution < -0.4 is 5.32 Å². The van der Waals surface area contributed by atoms with Crippen molar-refractivity contribution in [2.24, 2.45) is 5.92 Å². The van der Waals surface area contributed by atoms with E-state index in [0.29, 0.717) is 16.1 Å². The van der Waals surface area contributed by atoms with Gasteiger partial charge in [0.2, 0.25) is 0 Å². The van der Waals surface area contributed by atoms with Gasteiger partial charge in [-0.2, -0.15) is 0 Å². The third-order valence-electron chi connectivity index (χ3n) is 5.60. The van der Waals surface area contributed by atoms with Gasteiger partial charge < -0.3 is 14.2 Å². The molecule has 176 valence electrons. The van der Waals surface area contributed by atoms with Crippen LogP contribution in [-0.4, -0.2) is 43.8 Å². The highest BCUT2D eigenvalue weighted by Gasteiger charge is 2.52. The molecule has 7 nitrogen and oxygen atoms in total. The minimum absolute atomic E-state index is 0.210. The molecule has 0 unspecified atom stereocenters. The lowest BCUT2D eigenvalue weighted by Crippen LogP contribution is -2.37. The fourth-order valence-electron chi connectivity index (χ4n) is 4.21. The fraction of sp³-hybridized carbons (Fsp3) is 0.400. The summed E-state index contributed by atoms with van der Waals surface area (Å²) in [6, 6.07) is 12.6. The van der Waals surface area contributed by atoms with Crippen LogP contribution in [0.15, 0.2) is 48.5 Å². The second kappa shape index (κ2) is 11.3. The summed E-state index contributed by atoms with van der Waals surface area (Å²) in [4.78, 5) is 38.1. The first kappa shape index (κ1) is 24.7. The summed E-state index contributed by atoms with van der Waals surface area (Å²) >= 11 is 6.05. The third kappa shape index (κ3) is 5.54. The molecule has 1 fully saturated rings. The Balaban J connectivity index is 2.05. The molecular formula is C25H28ClNO6. The maximum Gasteiger partial charge on any atom is 0.338 e. The number of rotatable bonds is 8. The highest BCUT2D eigenvalue weighted by atomic mass is 35.5. The highest BCUT2D eigenvalue weighted by molar-refractivity contribution is 6.30. The molecule has 33 heavy (non-hydrogen) atoms. The summed E-state index contributed by atoms with van der Waals surface area (Å²) < 4.78 is 15.8. The number of hydrogen-bond donors (Lipinski definition) is 1. The number of carbonyl (C=O) groups is 3. The van der Waals surface area contributed by atoms with Crippen molar-refractivity contribution in [2.75, 3.05) is 19.8 Å². The molecule has 1 heterocycles. The largest absolute Gasteiger partial charge is 0.466 e. The first-order chi connectivity index (χ1) is 15.9. The van der Waals surface area contributed by atoms with Crippen molar-refractivity contribution in [3.05, 3.63) is 70.2 Å². The van der Waals surface area contributed by atoms with Gasteiger partial charge in [-0.25, -0.2) is 4.79 Å². The molecule has 1 N–H and O–H groups in total. The monoisotopic (exact) mass is 473 g/mol. The summed E-state index contributed by atoms with van der Waals surface area (Å²) in [5.41, 5.74) is 1.90. The van der Waals surface area contributed by atoms with Crippen molar-refractivity contribution in [3.63, 3.8) is 0 Å². The quantitative estimate of drug-likeness (QED) is 0.456. The fourth-order valence-corrected chi connectivity index (χ4v) is 4.34. The van der Waals surface area contributed by atoms with Crippen LogP contribution in [0, 0.1) is 5.92 Å². The van der Waals surface area contributed by atoms with E-state index in [1.807, 2.05) is 12.1 Å². The van der Waals surface area contributed by atoms with E-state index in [0.717, 1.165) is 5.56 Å². The van der Waals surface area contributed by atoms with Gasteiger partial charge in [-0.1, -0.05) is 35.9 Å². The number of ether oxygens (including phenoxy) is 3. The number of carbonyl (C=O) groups excluding carboxylic acids is 3. The first-order valence-corrected chi connectivity index (χ1v) is 11.4. The molecule has 0 bridgehead atoms. The number of nitrogens with one attached hydrogen (secondary N) is 1. The lowest BCUT2D eigenvalue weighted by atomic mass is 9.79. The molecule has 1 aliphatic heterocycles. The Kier molecular flexibility index (Phi) is 8.47. The molecule has 8 heteroatoms. The molecule has 4 atom stereocenters. The van der Waals surface area contributed by atoms with Crippen LogP contribution in [0.3, 0.4) is 0 Å². The summed E-state index contributed by atoms with van der Waals surface area (Å²) in [5, 5.41) is 3.86. The van der Waals surface area contributed by atoms with Crippen LogP contribution >= 0.6 is 11.6 Å². The average Bonchev–Trinajstić information content (AvgIpc) is 3.21. The molecule has 0 aliphatic carbocycles. The summed E-state index contributed by atoms with van der Waals surface area (Å²) in [6.07, 6.45) is 0. The molecule has 2 aromatic carbocycles. The van der Waals surface area contributed by atoms with Crippen molar-refractivity contribution < 1.29 is 28.6 Å².